The van der Waals surface area contributed by atoms with E-state index in [0.29, 0.717) is 28.4 Å². The number of carbonyl (C=O) groups is 1. The van der Waals surface area contributed by atoms with Crippen LogP contribution in [0.3, 0.4) is 0 Å². The van der Waals surface area contributed by atoms with Gasteiger partial charge in [0, 0.05) is 49.5 Å². The van der Waals surface area contributed by atoms with Gasteiger partial charge < -0.3 is 20.3 Å². The molecule has 4 aromatic rings. The molecule has 1 amide bonds. The monoisotopic (exact) mass is 464 g/mol. The summed E-state index contributed by atoms with van der Waals surface area (Å²) in [5.74, 6) is -0.191. The molecule has 3 heterocycles. The molecular formula is C24H28N6O2S. The van der Waals surface area contributed by atoms with Crippen LogP contribution in [0.5, 0.6) is 5.19 Å². The first-order chi connectivity index (χ1) is 15.8. The lowest BCUT2D eigenvalue weighted by Gasteiger charge is -2.37. The number of benzene rings is 2. The number of hydrogen-bond donors (Lipinski definition) is 2. The van der Waals surface area contributed by atoms with Crippen LogP contribution in [0.25, 0.3) is 21.1 Å². The van der Waals surface area contributed by atoms with Gasteiger partial charge in [-0.15, -0.1) is 0 Å². The molecular weight excluding hydrogens is 436 g/mol. The van der Waals surface area contributed by atoms with Crippen molar-refractivity contribution in [2.75, 3.05) is 30.4 Å². The number of rotatable bonds is 4. The average molecular weight is 465 g/mol. The Morgan fingerprint density at radius 1 is 1.21 bits per heavy atom. The van der Waals surface area contributed by atoms with Gasteiger partial charge in [0.05, 0.1) is 28.6 Å². The Balaban J connectivity index is 1.52. The topological polar surface area (TPSA) is 84.3 Å². The third-order valence-electron chi connectivity index (χ3n) is 5.99. The minimum Gasteiger partial charge on any atom is -0.473 e. The number of methoxy groups -OCH3 is 1. The van der Waals surface area contributed by atoms with E-state index in [1.807, 2.05) is 44.4 Å². The van der Waals surface area contributed by atoms with Crippen molar-refractivity contribution in [3.8, 4) is 5.19 Å². The van der Waals surface area contributed by atoms with Gasteiger partial charge in [0.25, 0.3) is 11.1 Å². The van der Waals surface area contributed by atoms with E-state index in [4.69, 9.17) is 4.74 Å². The van der Waals surface area contributed by atoms with E-state index >= 15 is 0 Å². The molecule has 2 aromatic heterocycles. The van der Waals surface area contributed by atoms with Crippen LogP contribution in [0.4, 0.5) is 11.4 Å². The van der Waals surface area contributed by atoms with Crippen molar-refractivity contribution in [2.24, 2.45) is 7.05 Å². The van der Waals surface area contributed by atoms with E-state index in [1.54, 1.807) is 11.8 Å². The number of nitrogens with zero attached hydrogens (tertiary/aromatic N) is 4. The Morgan fingerprint density at radius 2 is 1.97 bits per heavy atom. The molecule has 1 aliphatic rings. The molecule has 33 heavy (non-hydrogen) atoms. The number of piperazine rings is 1. The number of amides is 1. The van der Waals surface area contributed by atoms with Gasteiger partial charge in [-0.2, -0.15) is 5.10 Å². The first-order valence-electron chi connectivity index (χ1n) is 11.1. The summed E-state index contributed by atoms with van der Waals surface area (Å²) in [5.41, 5.74) is 4.99. The van der Waals surface area contributed by atoms with Crippen LogP contribution in [-0.4, -0.2) is 53.0 Å². The average Bonchev–Trinajstić information content (AvgIpc) is 3.35. The fourth-order valence-corrected chi connectivity index (χ4v) is 5.67. The zero-order chi connectivity index (χ0) is 23.3. The van der Waals surface area contributed by atoms with E-state index in [0.717, 1.165) is 45.6 Å². The molecule has 2 atom stereocenters. The summed E-state index contributed by atoms with van der Waals surface area (Å²) in [7, 11) is 3.50. The molecule has 0 radical (unpaired) electrons. The number of aromatic nitrogens is 3. The van der Waals surface area contributed by atoms with Crippen molar-refractivity contribution in [1.82, 2.24) is 20.1 Å². The van der Waals surface area contributed by atoms with E-state index in [2.05, 4.69) is 39.5 Å². The first kappa shape index (κ1) is 21.7. The molecule has 5 rings (SSSR count). The Bertz CT molecular complexity index is 1350. The zero-order valence-electron chi connectivity index (χ0n) is 19.5. The van der Waals surface area contributed by atoms with Gasteiger partial charge >= 0.3 is 0 Å². The van der Waals surface area contributed by atoms with Gasteiger partial charge in [0.1, 0.15) is 5.52 Å². The number of hydrogen-bond acceptors (Lipinski definition) is 7. The molecule has 9 heteroatoms. The van der Waals surface area contributed by atoms with E-state index in [9.17, 15) is 4.79 Å². The highest BCUT2D eigenvalue weighted by atomic mass is 32.1. The Morgan fingerprint density at radius 3 is 2.70 bits per heavy atom. The summed E-state index contributed by atoms with van der Waals surface area (Å²) in [5, 5.41) is 12.7. The standard InChI is InChI=1S/C24H28N6O2S/c1-13-8-17(9-16-12-29(4)28-20(13)16)26-23(31)18-6-7-19(22-21(18)27-24(32-5)33-22)30-10-14(2)25-15(3)11-30/h6-9,12,14-15,25H,10-11H2,1-5H3,(H,26,31)/t14-,15-/m0/s1. The fraction of sp³-hybridized carbons (Fsp3) is 0.375. The number of ether oxygens (including phenoxy) is 1. The summed E-state index contributed by atoms with van der Waals surface area (Å²) in [6, 6.07) is 8.57. The lowest BCUT2D eigenvalue weighted by Crippen LogP contribution is -2.54. The van der Waals surface area contributed by atoms with Crippen molar-refractivity contribution in [3.05, 3.63) is 41.6 Å². The van der Waals surface area contributed by atoms with Gasteiger partial charge in [0.15, 0.2) is 0 Å². The van der Waals surface area contributed by atoms with Gasteiger partial charge in [0.2, 0.25) is 0 Å². The van der Waals surface area contributed by atoms with Crippen LogP contribution in [-0.2, 0) is 7.05 Å². The molecule has 0 aliphatic carbocycles. The zero-order valence-corrected chi connectivity index (χ0v) is 20.3. The van der Waals surface area contributed by atoms with E-state index < -0.39 is 0 Å². The summed E-state index contributed by atoms with van der Waals surface area (Å²) >= 11 is 1.48. The third-order valence-corrected chi connectivity index (χ3v) is 7.03. The van der Waals surface area contributed by atoms with Crippen molar-refractivity contribution in [3.63, 3.8) is 0 Å². The molecule has 8 nitrogen and oxygen atoms in total. The highest BCUT2D eigenvalue weighted by Crippen LogP contribution is 2.38. The minimum atomic E-state index is -0.191. The Labute approximate surface area is 196 Å². The number of nitrogens with one attached hydrogen (secondary N) is 2. The van der Waals surface area contributed by atoms with Crippen LogP contribution in [0.2, 0.25) is 0 Å². The van der Waals surface area contributed by atoms with Gasteiger partial charge in [-0.1, -0.05) is 11.3 Å². The molecule has 0 unspecified atom stereocenters. The van der Waals surface area contributed by atoms with E-state index in [-0.39, 0.29) is 5.91 Å². The minimum absolute atomic E-state index is 0.191. The van der Waals surface area contributed by atoms with Crippen molar-refractivity contribution in [1.29, 1.82) is 0 Å². The third kappa shape index (κ3) is 4.02. The molecule has 1 aliphatic heterocycles. The maximum absolute atomic E-state index is 13.3. The summed E-state index contributed by atoms with van der Waals surface area (Å²) in [4.78, 5) is 20.3. The predicted molar refractivity (Wildman–Crippen MR) is 134 cm³/mol. The van der Waals surface area contributed by atoms with Crippen LogP contribution in [0, 0.1) is 6.92 Å². The maximum atomic E-state index is 13.3. The lowest BCUT2D eigenvalue weighted by atomic mass is 10.1. The van der Waals surface area contributed by atoms with Crippen LogP contribution < -0.4 is 20.3 Å². The van der Waals surface area contributed by atoms with Crippen molar-refractivity contribution < 1.29 is 9.53 Å². The van der Waals surface area contributed by atoms with Crippen LogP contribution in [0.15, 0.2) is 30.5 Å². The second-order valence-corrected chi connectivity index (χ2v) is 9.82. The second kappa shape index (κ2) is 8.31. The molecule has 2 aromatic carbocycles. The highest BCUT2D eigenvalue weighted by Gasteiger charge is 2.25. The molecule has 0 spiro atoms. The Hall–Kier alpha value is -3.17. The number of anilines is 2. The predicted octanol–water partition coefficient (Wildman–Crippen LogP) is 3.94. The normalized spacial score (nSPS) is 18.8. The van der Waals surface area contributed by atoms with Gasteiger partial charge in [-0.05, 0) is 50.6 Å². The molecule has 1 saturated heterocycles. The smallest absolute Gasteiger partial charge is 0.274 e. The first-order valence-corrected chi connectivity index (χ1v) is 11.9. The summed E-state index contributed by atoms with van der Waals surface area (Å²) in [6.45, 7) is 8.18. The fourth-order valence-electron chi connectivity index (χ4n) is 4.72. The van der Waals surface area contributed by atoms with Crippen molar-refractivity contribution in [2.45, 2.75) is 32.9 Å². The molecule has 0 bridgehead atoms. The van der Waals surface area contributed by atoms with Crippen LogP contribution >= 0.6 is 11.3 Å². The van der Waals surface area contributed by atoms with Crippen LogP contribution in [0.1, 0.15) is 29.8 Å². The number of fused-ring (bicyclic) bond motifs is 2. The Kier molecular flexibility index (Phi) is 5.46. The molecule has 172 valence electrons. The molecule has 0 saturated carbocycles. The van der Waals surface area contributed by atoms with Gasteiger partial charge in [-0.3, -0.25) is 9.48 Å². The highest BCUT2D eigenvalue weighted by molar-refractivity contribution is 7.21. The maximum Gasteiger partial charge on any atom is 0.274 e. The summed E-state index contributed by atoms with van der Waals surface area (Å²) in [6.07, 6.45) is 1.95. The quantitative estimate of drug-likeness (QED) is 0.476. The number of carbonyl (C=O) groups excluding carboxylic acids is 1. The lowest BCUT2D eigenvalue weighted by molar-refractivity contribution is 0.102. The number of aryl methyl sites for hydroxylation is 2. The molecule has 2 N–H and O–H groups in total. The second-order valence-electron chi connectivity index (χ2n) is 8.86. The number of thiazole rings is 1. The largest absolute Gasteiger partial charge is 0.473 e. The molecule has 1 fully saturated rings. The van der Waals surface area contributed by atoms with E-state index in [1.165, 1.54) is 11.3 Å². The van der Waals surface area contributed by atoms with Crippen molar-refractivity contribution >= 4 is 49.7 Å². The van der Waals surface area contributed by atoms with Gasteiger partial charge in [-0.25, -0.2) is 4.98 Å². The SMILES string of the molecule is COc1nc2c(C(=O)Nc3cc(C)c4nn(C)cc4c3)ccc(N3C[C@H](C)N[C@@H](C)C3)c2s1. The summed E-state index contributed by atoms with van der Waals surface area (Å²) < 4.78 is 8.19.